The van der Waals surface area contributed by atoms with Crippen LogP contribution in [0.3, 0.4) is 0 Å². The summed E-state index contributed by atoms with van der Waals surface area (Å²) < 4.78 is 0. The maximum Gasteiger partial charge on any atom is 0.308 e. The van der Waals surface area contributed by atoms with Crippen molar-refractivity contribution in [3.05, 3.63) is 16.1 Å². The highest BCUT2D eigenvalue weighted by Crippen LogP contribution is 2.25. The average Bonchev–Trinajstić information content (AvgIpc) is 2.73. The molecule has 0 unspecified atom stereocenters. The molecule has 1 aromatic rings. The van der Waals surface area contributed by atoms with Gasteiger partial charge in [-0.25, -0.2) is 4.98 Å². The van der Waals surface area contributed by atoms with Crippen LogP contribution in [0.15, 0.2) is 6.20 Å². The molecule has 1 aliphatic rings. The summed E-state index contributed by atoms with van der Waals surface area (Å²) in [5.74, 6) is -0.643. The van der Waals surface area contributed by atoms with Crippen molar-refractivity contribution in [2.24, 2.45) is 11.8 Å². The molecule has 0 radical (unpaired) electrons. The van der Waals surface area contributed by atoms with E-state index in [1.165, 1.54) is 4.88 Å². The first-order valence-electron chi connectivity index (χ1n) is 5.42. The summed E-state index contributed by atoms with van der Waals surface area (Å²) in [5.41, 5.74) is 0. The highest BCUT2D eigenvalue weighted by atomic mass is 32.1. The third kappa shape index (κ3) is 2.41. The minimum atomic E-state index is -0.671. The zero-order valence-electron chi connectivity index (χ0n) is 9.51. The Morgan fingerprint density at radius 3 is 2.94 bits per heavy atom. The second-order valence-corrected chi connectivity index (χ2v) is 5.78. The first-order chi connectivity index (χ1) is 7.56. The largest absolute Gasteiger partial charge is 0.481 e. The number of carboxylic acids is 1. The summed E-state index contributed by atoms with van der Waals surface area (Å²) in [7, 11) is 0. The maximum atomic E-state index is 11.0. The van der Waals surface area contributed by atoms with Crippen molar-refractivity contribution >= 4 is 17.3 Å². The van der Waals surface area contributed by atoms with Gasteiger partial charge in [0.15, 0.2) is 0 Å². The lowest BCUT2D eigenvalue weighted by atomic mass is 9.99. The van der Waals surface area contributed by atoms with Gasteiger partial charge < -0.3 is 5.11 Å². The normalized spacial score (nSPS) is 26.1. The van der Waals surface area contributed by atoms with Crippen LogP contribution in [0, 0.1) is 18.8 Å². The molecule has 1 fully saturated rings. The molecule has 2 heterocycles. The number of aromatic nitrogens is 1. The SMILES string of the molecule is Cc1ncc(CN2C[C@@H](C)[C@H](C(=O)O)C2)s1. The van der Waals surface area contributed by atoms with E-state index in [1.54, 1.807) is 11.3 Å². The van der Waals surface area contributed by atoms with E-state index in [-0.39, 0.29) is 11.8 Å². The molecule has 2 atom stereocenters. The van der Waals surface area contributed by atoms with Gasteiger partial charge in [0.2, 0.25) is 0 Å². The zero-order chi connectivity index (χ0) is 11.7. The molecule has 1 aliphatic heterocycles. The van der Waals surface area contributed by atoms with Crippen LogP contribution in [0.25, 0.3) is 0 Å². The van der Waals surface area contributed by atoms with Crippen molar-refractivity contribution in [2.45, 2.75) is 20.4 Å². The summed E-state index contributed by atoms with van der Waals surface area (Å²) in [5, 5.41) is 10.1. The second-order valence-electron chi connectivity index (χ2n) is 4.46. The Labute approximate surface area is 98.9 Å². The molecule has 0 aromatic carbocycles. The van der Waals surface area contributed by atoms with E-state index < -0.39 is 5.97 Å². The predicted octanol–water partition coefficient (Wildman–Crippen LogP) is 1.60. The number of hydrogen-bond acceptors (Lipinski definition) is 4. The summed E-state index contributed by atoms with van der Waals surface area (Å²) in [6.45, 7) is 6.36. The number of aryl methyl sites for hydroxylation is 1. The topological polar surface area (TPSA) is 53.4 Å². The molecule has 0 spiro atoms. The van der Waals surface area contributed by atoms with E-state index >= 15 is 0 Å². The number of thiazole rings is 1. The van der Waals surface area contributed by atoms with Gasteiger partial charge in [0.1, 0.15) is 0 Å². The highest BCUT2D eigenvalue weighted by molar-refractivity contribution is 7.11. The molecule has 5 heteroatoms. The first kappa shape index (κ1) is 11.5. The molecule has 2 rings (SSSR count). The molecule has 4 nitrogen and oxygen atoms in total. The molecule has 0 bridgehead atoms. The highest BCUT2D eigenvalue weighted by Gasteiger charge is 2.34. The minimum Gasteiger partial charge on any atom is -0.481 e. The Hall–Kier alpha value is -0.940. The number of carboxylic acid groups (broad SMARTS) is 1. The summed E-state index contributed by atoms with van der Waals surface area (Å²) in [4.78, 5) is 18.6. The molecule has 0 amide bonds. The molecule has 1 N–H and O–H groups in total. The van der Waals surface area contributed by atoms with E-state index in [2.05, 4.69) is 9.88 Å². The third-order valence-corrected chi connectivity index (χ3v) is 3.95. The molecular weight excluding hydrogens is 224 g/mol. The number of carbonyl (C=O) groups is 1. The van der Waals surface area contributed by atoms with Crippen molar-refractivity contribution in [1.82, 2.24) is 9.88 Å². The fourth-order valence-corrected chi connectivity index (χ4v) is 3.05. The van der Waals surface area contributed by atoms with Gasteiger partial charge in [-0.1, -0.05) is 6.92 Å². The van der Waals surface area contributed by atoms with Crippen LogP contribution in [-0.2, 0) is 11.3 Å². The van der Waals surface area contributed by atoms with Gasteiger partial charge in [-0.2, -0.15) is 0 Å². The lowest BCUT2D eigenvalue weighted by Crippen LogP contribution is -2.22. The van der Waals surface area contributed by atoms with Crippen LogP contribution in [0.1, 0.15) is 16.8 Å². The monoisotopic (exact) mass is 240 g/mol. The third-order valence-electron chi connectivity index (χ3n) is 3.05. The van der Waals surface area contributed by atoms with Crippen molar-refractivity contribution in [3.8, 4) is 0 Å². The first-order valence-corrected chi connectivity index (χ1v) is 6.24. The molecule has 1 saturated heterocycles. The molecule has 16 heavy (non-hydrogen) atoms. The van der Waals surface area contributed by atoms with Crippen LogP contribution in [0.5, 0.6) is 0 Å². The van der Waals surface area contributed by atoms with Crippen LogP contribution in [0.2, 0.25) is 0 Å². The number of nitrogens with zero attached hydrogens (tertiary/aromatic N) is 2. The van der Waals surface area contributed by atoms with Crippen molar-refractivity contribution in [1.29, 1.82) is 0 Å². The van der Waals surface area contributed by atoms with E-state index in [0.717, 1.165) is 18.1 Å². The van der Waals surface area contributed by atoms with Crippen molar-refractivity contribution in [2.75, 3.05) is 13.1 Å². The van der Waals surface area contributed by atoms with Crippen molar-refractivity contribution < 1.29 is 9.90 Å². The van der Waals surface area contributed by atoms with Gasteiger partial charge in [0.05, 0.1) is 10.9 Å². The molecular formula is C11H16N2O2S. The van der Waals surface area contributed by atoms with E-state index in [1.807, 2.05) is 20.0 Å². The lowest BCUT2D eigenvalue weighted by molar-refractivity contribution is -0.142. The summed E-state index contributed by atoms with van der Waals surface area (Å²) in [6.07, 6.45) is 1.89. The predicted molar refractivity (Wildman–Crippen MR) is 62.4 cm³/mol. The average molecular weight is 240 g/mol. The summed E-state index contributed by atoms with van der Waals surface area (Å²) >= 11 is 1.69. The zero-order valence-corrected chi connectivity index (χ0v) is 10.3. The van der Waals surface area contributed by atoms with Gasteiger partial charge in [0.25, 0.3) is 0 Å². The molecule has 88 valence electrons. The molecule has 0 aliphatic carbocycles. The van der Waals surface area contributed by atoms with Gasteiger partial charge in [-0.3, -0.25) is 9.69 Å². The second kappa shape index (κ2) is 4.51. The number of rotatable bonds is 3. The minimum absolute atomic E-state index is 0.214. The fraction of sp³-hybridized carbons (Fsp3) is 0.636. The number of aliphatic carboxylic acids is 1. The fourth-order valence-electron chi connectivity index (χ4n) is 2.22. The Morgan fingerprint density at radius 2 is 2.44 bits per heavy atom. The smallest absolute Gasteiger partial charge is 0.308 e. The molecule has 0 saturated carbocycles. The Balaban J connectivity index is 1.96. The Kier molecular flexibility index (Phi) is 3.25. The van der Waals surface area contributed by atoms with Gasteiger partial charge in [-0.15, -0.1) is 11.3 Å². The van der Waals surface area contributed by atoms with E-state index in [0.29, 0.717) is 6.54 Å². The number of hydrogen-bond donors (Lipinski definition) is 1. The lowest BCUT2D eigenvalue weighted by Gasteiger charge is -2.12. The maximum absolute atomic E-state index is 11.0. The van der Waals surface area contributed by atoms with Crippen LogP contribution in [-0.4, -0.2) is 34.0 Å². The molecule has 1 aromatic heterocycles. The van der Waals surface area contributed by atoms with Gasteiger partial charge in [-0.05, 0) is 12.8 Å². The van der Waals surface area contributed by atoms with Crippen LogP contribution < -0.4 is 0 Å². The summed E-state index contributed by atoms with van der Waals surface area (Å²) in [6, 6.07) is 0. The van der Waals surface area contributed by atoms with Crippen molar-refractivity contribution in [3.63, 3.8) is 0 Å². The standard InChI is InChI=1S/C11H16N2O2S/c1-7-4-13(6-10(7)11(14)15)5-9-3-12-8(2)16-9/h3,7,10H,4-6H2,1-2H3,(H,14,15)/t7-,10-/m1/s1. The quantitative estimate of drug-likeness (QED) is 0.872. The Bertz CT molecular complexity index is 391. The number of likely N-dealkylation sites (tertiary alicyclic amines) is 1. The van der Waals surface area contributed by atoms with Gasteiger partial charge in [0, 0.05) is 30.7 Å². The van der Waals surface area contributed by atoms with Crippen LogP contribution in [0.4, 0.5) is 0 Å². The Morgan fingerprint density at radius 1 is 1.69 bits per heavy atom. The van der Waals surface area contributed by atoms with E-state index in [4.69, 9.17) is 5.11 Å². The van der Waals surface area contributed by atoms with Gasteiger partial charge >= 0.3 is 5.97 Å². The van der Waals surface area contributed by atoms with E-state index in [9.17, 15) is 4.79 Å². The van der Waals surface area contributed by atoms with Crippen LogP contribution >= 0.6 is 11.3 Å².